The van der Waals surface area contributed by atoms with Crippen molar-refractivity contribution < 1.29 is 5.11 Å². The lowest BCUT2D eigenvalue weighted by Crippen LogP contribution is -1.82. The molecule has 0 aliphatic rings. The normalized spacial score (nSPS) is 11.4. The molecular weight excluding hydrogens is 248 g/mol. The van der Waals surface area contributed by atoms with E-state index >= 15 is 0 Å². The van der Waals surface area contributed by atoms with Gasteiger partial charge in [-0.2, -0.15) is 10.2 Å². The van der Waals surface area contributed by atoms with Gasteiger partial charge in [-0.05, 0) is 18.2 Å². The van der Waals surface area contributed by atoms with Crippen LogP contribution in [0.3, 0.4) is 0 Å². The molecule has 0 fully saturated rings. The SMILES string of the molecule is Oc1ccccc1/C=N/N=C/c1ccccc1Cl. The van der Waals surface area contributed by atoms with E-state index in [0.29, 0.717) is 10.6 Å². The van der Waals surface area contributed by atoms with Crippen molar-refractivity contribution in [2.24, 2.45) is 10.2 Å². The molecule has 0 radical (unpaired) electrons. The van der Waals surface area contributed by atoms with Gasteiger partial charge in [0, 0.05) is 16.1 Å². The molecule has 0 amide bonds. The van der Waals surface area contributed by atoms with Crippen LogP contribution in [0, 0.1) is 0 Å². The Kier molecular flexibility index (Phi) is 4.10. The molecule has 18 heavy (non-hydrogen) atoms. The number of hydrogen-bond donors (Lipinski definition) is 1. The average molecular weight is 259 g/mol. The summed E-state index contributed by atoms with van der Waals surface area (Å²) < 4.78 is 0. The minimum atomic E-state index is 0.175. The third-order valence-electron chi connectivity index (χ3n) is 2.30. The second kappa shape index (κ2) is 5.98. The number of nitrogens with zero attached hydrogens (tertiary/aromatic N) is 2. The molecule has 2 aromatic rings. The zero-order valence-electron chi connectivity index (χ0n) is 9.49. The van der Waals surface area contributed by atoms with Crippen molar-refractivity contribution in [3.8, 4) is 5.75 Å². The summed E-state index contributed by atoms with van der Waals surface area (Å²) >= 11 is 5.96. The molecule has 0 aromatic heterocycles. The molecule has 0 bridgehead atoms. The highest BCUT2D eigenvalue weighted by molar-refractivity contribution is 6.33. The number of aromatic hydroxyl groups is 1. The Morgan fingerprint density at radius 1 is 0.833 bits per heavy atom. The fourth-order valence-electron chi connectivity index (χ4n) is 1.37. The molecule has 0 heterocycles. The van der Waals surface area contributed by atoms with E-state index in [9.17, 15) is 5.11 Å². The van der Waals surface area contributed by atoms with Gasteiger partial charge in [-0.25, -0.2) is 0 Å². The van der Waals surface area contributed by atoms with Crippen LogP contribution in [-0.2, 0) is 0 Å². The topological polar surface area (TPSA) is 45.0 Å². The lowest BCUT2D eigenvalue weighted by Gasteiger charge is -1.95. The minimum Gasteiger partial charge on any atom is -0.507 e. The Morgan fingerprint density at radius 3 is 2.06 bits per heavy atom. The van der Waals surface area contributed by atoms with E-state index < -0.39 is 0 Å². The van der Waals surface area contributed by atoms with Crippen LogP contribution in [0.1, 0.15) is 11.1 Å². The van der Waals surface area contributed by atoms with Crippen LogP contribution in [0.2, 0.25) is 5.02 Å². The molecule has 0 spiro atoms. The van der Waals surface area contributed by atoms with Crippen molar-refractivity contribution in [2.75, 3.05) is 0 Å². The second-order valence-corrected chi connectivity index (χ2v) is 3.98. The van der Waals surface area contributed by atoms with Gasteiger partial charge in [0.1, 0.15) is 5.75 Å². The minimum absolute atomic E-state index is 0.175. The Labute approximate surface area is 110 Å². The van der Waals surface area contributed by atoms with Gasteiger partial charge in [-0.3, -0.25) is 0 Å². The Hall–Kier alpha value is -2.13. The summed E-state index contributed by atoms with van der Waals surface area (Å²) in [5.74, 6) is 0.175. The molecule has 0 saturated carbocycles. The Bertz CT molecular complexity index is 540. The molecule has 0 aliphatic heterocycles. The van der Waals surface area contributed by atoms with Crippen LogP contribution >= 0.6 is 11.6 Å². The van der Waals surface area contributed by atoms with Crippen LogP contribution in [0.25, 0.3) is 0 Å². The summed E-state index contributed by atoms with van der Waals surface area (Å²) in [4.78, 5) is 0. The van der Waals surface area contributed by atoms with E-state index in [1.165, 1.54) is 6.21 Å². The van der Waals surface area contributed by atoms with Crippen LogP contribution < -0.4 is 0 Å². The highest BCUT2D eigenvalue weighted by Crippen LogP contribution is 2.13. The Balaban J connectivity index is 2.08. The van der Waals surface area contributed by atoms with Gasteiger partial charge in [0.25, 0.3) is 0 Å². The summed E-state index contributed by atoms with van der Waals surface area (Å²) in [6, 6.07) is 14.3. The molecule has 2 rings (SSSR count). The predicted octanol–water partition coefficient (Wildman–Crippen LogP) is 3.50. The van der Waals surface area contributed by atoms with Crippen molar-refractivity contribution in [1.29, 1.82) is 0 Å². The van der Waals surface area contributed by atoms with Gasteiger partial charge in [0.15, 0.2) is 0 Å². The van der Waals surface area contributed by atoms with Crippen LogP contribution in [-0.4, -0.2) is 17.5 Å². The average Bonchev–Trinajstić information content (AvgIpc) is 2.38. The van der Waals surface area contributed by atoms with Gasteiger partial charge in [0.2, 0.25) is 0 Å². The Morgan fingerprint density at radius 2 is 1.39 bits per heavy atom. The fraction of sp³-hybridized carbons (Fsp3) is 0. The molecule has 0 unspecified atom stereocenters. The molecule has 2 aromatic carbocycles. The van der Waals surface area contributed by atoms with Gasteiger partial charge >= 0.3 is 0 Å². The summed E-state index contributed by atoms with van der Waals surface area (Å²) in [5, 5.41) is 17.9. The zero-order valence-corrected chi connectivity index (χ0v) is 10.2. The van der Waals surface area contributed by atoms with Crippen LogP contribution in [0.15, 0.2) is 58.7 Å². The van der Waals surface area contributed by atoms with Gasteiger partial charge in [-0.1, -0.05) is 41.9 Å². The zero-order chi connectivity index (χ0) is 12.8. The molecule has 4 heteroatoms. The third kappa shape index (κ3) is 3.18. The maximum Gasteiger partial charge on any atom is 0.124 e. The molecule has 1 N–H and O–H groups in total. The highest BCUT2D eigenvalue weighted by atomic mass is 35.5. The van der Waals surface area contributed by atoms with E-state index in [1.807, 2.05) is 24.3 Å². The largest absolute Gasteiger partial charge is 0.507 e. The molecule has 90 valence electrons. The number of hydrogen-bond acceptors (Lipinski definition) is 3. The number of benzene rings is 2. The first kappa shape index (κ1) is 12.3. The molecule has 0 atom stereocenters. The van der Waals surface area contributed by atoms with Crippen LogP contribution in [0.4, 0.5) is 0 Å². The van der Waals surface area contributed by atoms with E-state index in [-0.39, 0.29) is 5.75 Å². The monoisotopic (exact) mass is 258 g/mol. The maximum atomic E-state index is 9.51. The van der Waals surface area contributed by atoms with Crippen molar-refractivity contribution in [3.63, 3.8) is 0 Å². The standard InChI is InChI=1S/C14H11ClN2O/c15-13-7-3-1-5-11(13)9-16-17-10-12-6-2-4-8-14(12)18/h1-10,18H/b16-9+,17-10+. The van der Waals surface area contributed by atoms with E-state index in [1.54, 1.807) is 30.5 Å². The first-order valence-electron chi connectivity index (χ1n) is 5.36. The predicted molar refractivity (Wildman–Crippen MR) is 74.7 cm³/mol. The molecule has 3 nitrogen and oxygen atoms in total. The summed E-state index contributed by atoms with van der Waals surface area (Å²) in [6.45, 7) is 0. The van der Waals surface area contributed by atoms with Crippen LogP contribution in [0.5, 0.6) is 5.75 Å². The first-order chi connectivity index (χ1) is 8.77. The number of phenols is 1. The fourth-order valence-corrected chi connectivity index (χ4v) is 1.55. The third-order valence-corrected chi connectivity index (χ3v) is 2.65. The van der Waals surface area contributed by atoms with E-state index in [0.717, 1.165) is 5.56 Å². The summed E-state index contributed by atoms with van der Waals surface area (Å²) in [7, 11) is 0. The number of para-hydroxylation sites is 1. The lowest BCUT2D eigenvalue weighted by atomic mass is 10.2. The van der Waals surface area contributed by atoms with Gasteiger partial charge in [0.05, 0.1) is 12.4 Å². The molecule has 0 aliphatic carbocycles. The van der Waals surface area contributed by atoms with E-state index in [2.05, 4.69) is 10.2 Å². The van der Waals surface area contributed by atoms with Gasteiger partial charge < -0.3 is 5.11 Å². The summed E-state index contributed by atoms with van der Waals surface area (Å²) in [6.07, 6.45) is 3.06. The number of halogens is 1. The smallest absolute Gasteiger partial charge is 0.124 e. The van der Waals surface area contributed by atoms with E-state index in [4.69, 9.17) is 11.6 Å². The second-order valence-electron chi connectivity index (χ2n) is 3.57. The number of rotatable bonds is 3. The van der Waals surface area contributed by atoms with Crippen molar-refractivity contribution >= 4 is 24.0 Å². The maximum absolute atomic E-state index is 9.51. The first-order valence-corrected chi connectivity index (χ1v) is 5.74. The van der Waals surface area contributed by atoms with Crippen molar-refractivity contribution in [3.05, 3.63) is 64.7 Å². The number of phenolic OH excluding ortho intramolecular Hbond substituents is 1. The highest BCUT2D eigenvalue weighted by Gasteiger charge is 1.94. The lowest BCUT2D eigenvalue weighted by molar-refractivity contribution is 0.474. The summed E-state index contributed by atoms with van der Waals surface area (Å²) in [5.41, 5.74) is 1.42. The quantitative estimate of drug-likeness (QED) is 0.665. The molecular formula is C14H11ClN2O. The molecule has 0 saturated heterocycles. The van der Waals surface area contributed by atoms with Gasteiger partial charge in [-0.15, -0.1) is 0 Å². The van der Waals surface area contributed by atoms with Crippen molar-refractivity contribution in [1.82, 2.24) is 0 Å². The van der Waals surface area contributed by atoms with Crippen molar-refractivity contribution in [2.45, 2.75) is 0 Å².